The van der Waals surface area contributed by atoms with Gasteiger partial charge in [-0.25, -0.2) is 4.98 Å². The monoisotopic (exact) mass is 880 g/mol. The van der Waals surface area contributed by atoms with Crippen LogP contribution < -0.4 is 4.40 Å². The Morgan fingerprint density at radius 2 is 1.62 bits per heavy atom. The van der Waals surface area contributed by atoms with E-state index in [1.165, 1.54) is 21.8 Å². The summed E-state index contributed by atoms with van der Waals surface area (Å²) in [5, 5.41) is 1.77. The van der Waals surface area contributed by atoms with Crippen molar-refractivity contribution in [2.45, 2.75) is 43.9 Å². The second-order valence-corrected chi connectivity index (χ2v) is 23.9. The van der Waals surface area contributed by atoms with Crippen molar-refractivity contribution >= 4 is 49.3 Å². The Morgan fingerprint density at radius 1 is 0.851 bits per heavy atom. The van der Waals surface area contributed by atoms with E-state index in [1.807, 2.05) is 80.7 Å². The van der Waals surface area contributed by atoms with E-state index in [-0.39, 0.29) is 25.7 Å². The molecule has 7 rings (SSSR count). The van der Waals surface area contributed by atoms with Crippen LogP contribution >= 0.6 is 11.3 Å². The normalized spacial score (nSPS) is 13.1. The molecule has 0 amide bonds. The molecule has 7 heteroatoms. The molecule has 0 spiro atoms. The molecular formula is C40H36FGeIrN3S-2. The first-order chi connectivity index (χ1) is 23.6. The Hall–Kier alpha value is -3.55. The van der Waals surface area contributed by atoms with Crippen molar-refractivity contribution in [1.29, 1.82) is 0 Å². The van der Waals surface area contributed by atoms with Crippen LogP contribution in [0.3, 0.4) is 0 Å². The van der Waals surface area contributed by atoms with Crippen LogP contribution in [0.15, 0.2) is 103 Å². The summed E-state index contributed by atoms with van der Waals surface area (Å²) in [6.07, 6.45) is 3.60. The summed E-state index contributed by atoms with van der Waals surface area (Å²) in [5.74, 6) is 5.91. The van der Waals surface area contributed by atoms with Crippen LogP contribution in [-0.2, 0) is 20.1 Å². The Labute approximate surface area is 302 Å². The Kier molecular flexibility index (Phi) is 9.25. The molecule has 0 aliphatic rings. The van der Waals surface area contributed by atoms with Crippen molar-refractivity contribution in [2.75, 3.05) is 0 Å². The van der Waals surface area contributed by atoms with Crippen LogP contribution in [0, 0.1) is 24.9 Å². The minimum Gasteiger partial charge on any atom is -0.304 e. The zero-order chi connectivity index (χ0) is 35.8. The third-order valence-electron chi connectivity index (χ3n) is 7.75. The van der Waals surface area contributed by atoms with Gasteiger partial charge in [0.1, 0.15) is 4.83 Å². The first-order valence-corrected chi connectivity index (χ1v) is 23.2. The van der Waals surface area contributed by atoms with Gasteiger partial charge in [0.15, 0.2) is 0 Å². The number of nitrogens with zero attached hydrogens (tertiary/aromatic N) is 3. The summed E-state index contributed by atoms with van der Waals surface area (Å²) < 4.78 is 48.3. The molecule has 0 bridgehead atoms. The van der Waals surface area contributed by atoms with E-state index in [0.717, 1.165) is 37.9 Å². The molecule has 0 aliphatic carbocycles. The van der Waals surface area contributed by atoms with Gasteiger partial charge in [0.25, 0.3) is 0 Å². The van der Waals surface area contributed by atoms with Crippen LogP contribution in [0.2, 0.25) is 17.3 Å². The number of hydrogen-bond acceptors (Lipinski definition) is 4. The molecule has 239 valence electrons. The van der Waals surface area contributed by atoms with Gasteiger partial charge in [-0.3, -0.25) is 0 Å². The summed E-state index contributed by atoms with van der Waals surface area (Å²) in [5.41, 5.74) is 5.82. The minimum atomic E-state index is -2.30. The molecular weight excluding hydrogens is 838 g/mol. The quantitative estimate of drug-likeness (QED) is 0.0982. The number of rotatable bonds is 5. The van der Waals surface area contributed by atoms with Crippen molar-refractivity contribution < 1.29 is 30.0 Å². The minimum absolute atomic E-state index is 0. The summed E-state index contributed by atoms with van der Waals surface area (Å²) in [4.78, 5) is 13.8. The molecule has 3 nitrogen and oxygen atoms in total. The third kappa shape index (κ3) is 7.62. The van der Waals surface area contributed by atoms with E-state index in [0.29, 0.717) is 21.7 Å². The maximum Gasteiger partial charge on any atom is 0.214 e. The summed E-state index contributed by atoms with van der Waals surface area (Å²) in [7, 11) is 0. The topological polar surface area (TPSA) is 38.7 Å². The number of fused-ring (bicyclic) bond motifs is 3. The van der Waals surface area contributed by atoms with Crippen LogP contribution in [0.1, 0.15) is 36.4 Å². The maximum atomic E-state index is 13.6. The first kappa shape index (κ1) is 29.6. The largest absolute Gasteiger partial charge is 0.304 e. The molecule has 4 aromatic heterocycles. The van der Waals surface area contributed by atoms with Gasteiger partial charge in [-0.2, -0.15) is 15.7 Å². The average molecular weight is 879 g/mol. The summed E-state index contributed by atoms with van der Waals surface area (Å²) in [6.45, 7) is 1.61. The summed E-state index contributed by atoms with van der Waals surface area (Å²) in [6, 6.07) is 34.0. The molecule has 1 radical (unpaired) electrons. The van der Waals surface area contributed by atoms with E-state index in [2.05, 4.69) is 50.4 Å². The molecule has 0 saturated heterocycles. The molecule has 47 heavy (non-hydrogen) atoms. The van der Waals surface area contributed by atoms with Crippen molar-refractivity contribution in [2.24, 2.45) is 0 Å². The van der Waals surface area contributed by atoms with Gasteiger partial charge in [-0.05, 0) is 40.5 Å². The molecule has 3 aromatic carbocycles. The second kappa shape index (κ2) is 14.7. The number of aromatic nitrogens is 3. The standard InChI is InChI=1S/C23H14FN2S.C17H22GeN.Ir/c1-14-12-20(25-13-19(14)15-6-3-2-4-7-15)18-9-5-8-16-17-10-11-21(24)26-23(17)27-22(16)18;1-13(2)15-11-17(14-9-7-6-8-10-14)19-12-16(15)18(3,4)5;/h2-8,10-13H,1H3;6-9,11-13H,1-5H3;/q2*-1;/i1D3;13D;. The van der Waals surface area contributed by atoms with Gasteiger partial charge < -0.3 is 4.98 Å². The molecule has 0 atom stereocenters. The molecule has 0 saturated carbocycles. The Balaban J connectivity index is 0.000000211. The number of halogens is 1. The summed E-state index contributed by atoms with van der Waals surface area (Å²) >= 11 is -0.677. The van der Waals surface area contributed by atoms with E-state index >= 15 is 0 Å². The predicted octanol–water partition coefficient (Wildman–Crippen LogP) is 10.6. The fourth-order valence-corrected chi connectivity index (χ4v) is 9.88. The Morgan fingerprint density at radius 3 is 2.32 bits per heavy atom. The molecule has 0 aliphatic heterocycles. The number of benzene rings is 3. The van der Waals surface area contributed by atoms with Crippen molar-refractivity contribution in [3.63, 3.8) is 0 Å². The number of aryl methyl sites for hydroxylation is 1. The van der Waals surface area contributed by atoms with Crippen molar-refractivity contribution in [3.8, 4) is 33.6 Å². The van der Waals surface area contributed by atoms with E-state index in [4.69, 9.17) is 5.48 Å². The SMILES string of the molecule is [2H]C(C)(C)c1cc(-c2[c-]cccc2)nc[c]1[Ge]([CH3])([CH3])[CH3].[2H]C([2H])([2H])c1cc(-c2[c-]ccc3c2sc2nc(F)ccc23)ncc1-c1ccccc1.[Ir]. The van der Waals surface area contributed by atoms with Crippen LogP contribution in [0.25, 0.3) is 53.9 Å². The van der Waals surface area contributed by atoms with Crippen LogP contribution in [0.4, 0.5) is 4.39 Å². The predicted molar refractivity (Wildman–Crippen MR) is 195 cm³/mol. The van der Waals surface area contributed by atoms with Gasteiger partial charge in [0, 0.05) is 41.4 Å². The van der Waals surface area contributed by atoms with Crippen LogP contribution in [-0.4, -0.2) is 28.2 Å². The molecule has 7 aromatic rings. The number of pyridine rings is 3. The molecule has 0 fully saturated rings. The second-order valence-electron chi connectivity index (χ2n) is 12.3. The van der Waals surface area contributed by atoms with Crippen molar-refractivity contribution in [3.05, 3.63) is 133 Å². The van der Waals surface area contributed by atoms with Gasteiger partial charge in [0.2, 0.25) is 5.95 Å². The van der Waals surface area contributed by atoms with Gasteiger partial charge >= 0.3 is 120 Å². The van der Waals surface area contributed by atoms with Gasteiger partial charge in [-0.1, -0.05) is 41.8 Å². The zero-order valence-electron chi connectivity index (χ0n) is 30.8. The fraction of sp³-hybridized carbons (Fsp3) is 0.175. The number of thiophene rings is 1. The van der Waals surface area contributed by atoms with E-state index in [1.54, 1.807) is 24.4 Å². The number of hydrogen-bond donors (Lipinski definition) is 0. The Bertz CT molecular complexity index is 2300. The van der Waals surface area contributed by atoms with Gasteiger partial charge in [-0.15, -0.1) is 23.8 Å². The maximum absolute atomic E-state index is 13.6. The first-order valence-electron chi connectivity index (χ1n) is 17.0. The van der Waals surface area contributed by atoms with Crippen LogP contribution in [0.5, 0.6) is 0 Å². The molecule has 0 unspecified atom stereocenters. The smallest absolute Gasteiger partial charge is 0.214 e. The van der Waals surface area contributed by atoms with E-state index in [9.17, 15) is 4.39 Å². The van der Waals surface area contributed by atoms with E-state index < -0.39 is 32.0 Å². The third-order valence-corrected chi connectivity index (χ3v) is 13.1. The van der Waals surface area contributed by atoms with Crippen molar-refractivity contribution in [1.82, 2.24) is 15.0 Å². The zero-order valence-corrected chi connectivity index (χ0v) is 32.1. The fourth-order valence-electron chi connectivity index (χ4n) is 5.40. The molecule has 0 N–H and O–H groups in total. The average Bonchev–Trinajstić information content (AvgIpc) is 3.45. The molecule has 4 heterocycles. The van der Waals surface area contributed by atoms with Gasteiger partial charge in [0.05, 0.1) is 0 Å².